The maximum absolute atomic E-state index is 5.52. The van der Waals surface area contributed by atoms with Gasteiger partial charge in [-0.3, -0.25) is 9.67 Å². The van der Waals surface area contributed by atoms with Crippen molar-refractivity contribution in [1.82, 2.24) is 20.0 Å². The first-order valence-electron chi connectivity index (χ1n) is 9.32. The van der Waals surface area contributed by atoms with Gasteiger partial charge in [-0.1, -0.05) is 0 Å². The maximum Gasteiger partial charge on any atom is 0.193 e. The van der Waals surface area contributed by atoms with E-state index in [0.717, 1.165) is 36.8 Å². The number of hydrogen-bond donors (Lipinski definition) is 1. The van der Waals surface area contributed by atoms with Gasteiger partial charge in [0.25, 0.3) is 0 Å². The monoisotopic (exact) mass is 515 g/mol. The molecule has 0 aliphatic carbocycles. The Balaban J connectivity index is 0.00000300. The molecule has 1 fully saturated rings. The maximum atomic E-state index is 5.52. The molecule has 1 aliphatic rings. The summed E-state index contributed by atoms with van der Waals surface area (Å²) < 4.78 is 18.1. The number of nitrogens with one attached hydrogen (secondary N) is 1. The normalized spacial score (nSPS) is 16.4. The highest BCUT2D eigenvalue weighted by Gasteiger charge is 2.27. The van der Waals surface area contributed by atoms with Crippen molar-refractivity contribution in [2.24, 2.45) is 12.0 Å². The Labute approximate surface area is 189 Å². The minimum absolute atomic E-state index is 0. The van der Waals surface area contributed by atoms with Crippen LogP contribution in [0.15, 0.2) is 29.5 Å². The number of aliphatic imine (C=N–C) groups is 1. The van der Waals surface area contributed by atoms with Crippen LogP contribution in [0.25, 0.3) is 0 Å². The number of rotatable bonds is 6. The van der Waals surface area contributed by atoms with Crippen LogP contribution >= 0.6 is 24.0 Å². The number of hydrogen-bond acceptors (Lipinski definition) is 5. The molecule has 0 radical (unpaired) electrons. The molecule has 0 bridgehead atoms. The second-order valence-electron chi connectivity index (χ2n) is 6.80. The van der Waals surface area contributed by atoms with Gasteiger partial charge in [-0.15, -0.1) is 24.0 Å². The molecule has 9 heteroatoms. The van der Waals surface area contributed by atoms with E-state index >= 15 is 0 Å². The zero-order valence-electron chi connectivity index (χ0n) is 17.6. The quantitative estimate of drug-likeness (QED) is 0.363. The molecule has 1 aliphatic heterocycles. The lowest BCUT2D eigenvalue weighted by Gasteiger charge is -2.22. The molecular formula is C20H30IN5O3. The highest BCUT2D eigenvalue weighted by molar-refractivity contribution is 14.0. The second kappa shape index (κ2) is 10.6. The van der Waals surface area contributed by atoms with Crippen LogP contribution in [0.3, 0.4) is 0 Å². The molecule has 1 saturated heterocycles. The van der Waals surface area contributed by atoms with Crippen molar-refractivity contribution in [2.45, 2.75) is 18.9 Å². The van der Waals surface area contributed by atoms with Gasteiger partial charge in [-0.05, 0) is 18.1 Å². The first-order valence-corrected chi connectivity index (χ1v) is 9.32. The topological polar surface area (TPSA) is 73.1 Å². The Bertz CT molecular complexity index is 840. The molecule has 0 amide bonds. The second-order valence-corrected chi connectivity index (χ2v) is 6.80. The molecule has 1 N–H and O–H groups in total. The highest BCUT2D eigenvalue weighted by Crippen LogP contribution is 2.34. The number of ether oxygens (including phenoxy) is 3. The molecule has 29 heavy (non-hydrogen) atoms. The Hall–Kier alpha value is -2.17. The van der Waals surface area contributed by atoms with E-state index in [9.17, 15) is 0 Å². The summed E-state index contributed by atoms with van der Waals surface area (Å²) in [7, 11) is 8.66. The van der Waals surface area contributed by atoms with Crippen LogP contribution in [0, 0.1) is 0 Å². The van der Waals surface area contributed by atoms with Gasteiger partial charge in [0.05, 0.1) is 27.5 Å². The Kier molecular flexibility index (Phi) is 8.42. The Morgan fingerprint density at radius 3 is 2.45 bits per heavy atom. The van der Waals surface area contributed by atoms with E-state index in [1.807, 2.05) is 37.1 Å². The third-order valence-corrected chi connectivity index (χ3v) is 5.12. The summed E-state index contributed by atoms with van der Waals surface area (Å²) in [6.45, 7) is 2.46. The van der Waals surface area contributed by atoms with Crippen molar-refractivity contribution in [1.29, 1.82) is 0 Å². The average Bonchev–Trinajstić information content (AvgIpc) is 3.37. The van der Waals surface area contributed by atoms with Crippen molar-refractivity contribution < 1.29 is 14.2 Å². The van der Waals surface area contributed by atoms with E-state index in [2.05, 4.69) is 26.5 Å². The summed E-state index contributed by atoms with van der Waals surface area (Å²) in [5.41, 5.74) is 2.26. The SMILES string of the molecule is CN=C(NCc1cc(OC)c(OC)cc1OC)N1CCC(c2cnn(C)c2)C1.I. The number of aromatic nitrogens is 2. The van der Waals surface area contributed by atoms with Crippen molar-refractivity contribution >= 4 is 29.9 Å². The zero-order valence-corrected chi connectivity index (χ0v) is 20.0. The third kappa shape index (κ3) is 5.26. The van der Waals surface area contributed by atoms with Gasteiger partial charge in [-0.25, -0.2) is 0 Å². The summed E-state index contributed by atoms with van der Waals surface area (Å²) in [5, 5.41) is 7.74. The summed E-state index contributed by atoms with van der Waals surface area (Å²) in [6.07, 6.45) is 5.14. The van der Waals surface area contributed by atoms with Crippen molar-refractivity contribution in [3.63, 3.8) is 0 Å². The van der Waals surface area contributed by atoms with Crippen molar-refractivity contribution in [3.8, 4) is 17.2 Å². The van der Waals surface area contributed by atoms with E-state index < -0.39 is 0 Å². The van der Waals surface area contributed by atoms with Crippen molar-refractivity contribution in [3.05, 3.63) is 35.7 Å². The van der Waals surface area contributed by atoms with E-state index in [1.165, 1.54) is 5.56 Å². The number of methoxy groups -OCH3 is 3. The van der Waals surface area contributed by atoms with E-state index in [-0.39, 0.29) is 24.0 Å². The van der Waals surface area contributed by atoms with Crippen LogP contribution in [0.5, 0.6) is 17.2 Å². The Morgan fingerprint density at radius 2 is 1.86 bits per heavy atom. The number of guanidine groups is 1. The molecule has 1 unspecified atom stereocenters. The molecule has 1 aromatic carbocycles. The van der Waals surface area contributed by atoms with Crippen LogP contribution in [0.4, 0.5) is 0 Å². The summed E-state index contributed by atoms with van der Waals surface area (Å²) in [4.78, 5) is 6.75. The highest BCUT2D eigenvalue weighted by atomic mass is 127. The average molecular weight is 515 g/mol. The standard InChI is InChI=1S/C20H29N5O3.HI/c1-21-20(25-7-6-14(13-25)16-11-23-24(2)12-16)22-10-15-8-18(27-4)19(28-5)9-17(15)26-3;/h8-9,11-12,14H,6-7,10,13H2,1-5H3,(H,21,22);1H. The number of aryl methyl sites for hydroxylation is 1. The predicted molar refractivity (Wildman–Crippen MR) is 124 cm³/mol. The molecule has 1 atom stereocenters. The van der Waals surface area contributed by atoms with Gasteiger partial charge in [0.2, 0.25) is 0 Å². The van der Waals surface area contributed by atoms with Gasteiger partial charge < -0.3 is 24.4 Å². The van der Waals surface area contributed by atoms with Crippen LogP contribution in [0.2, 0.25) is 0 Å². The number of nitrogens with zero attached hydrogens (tertiary/aromatic N) is 4. The summed E-state index contributed by atoms with van der Waals surface area (Å²) in [6, 6.07) is 3.77. The lowest BCUT2D eigenvalue weighted by Crippen LogP contribution is -2.39. The zero-order chi connectivity index (χ0) is 20.1. The smallest absolute Gasteiger partial charge is 0.193 e. The lowest BCUT2D eigenvalue weighted by molar-refractivity contribution is 0.347. The number of benzene rings is 1. The lowest BCUT2D eigenvalue weighted by atomic mass is 10.0. The first-order chi connectivity index (χ1) is 13.6. The van der Waals surface area contributed by atoms with Crippen LogP contribution in [-0.2, 0) is 13.6 Å². The van der Waals surface area contributed by atoms with Crippen LogP contribution in [0.1, 0.15) is 23.5 Å². The van der Waals surface area contributed by atoms with E-state index in [4.69, 9.17) is 14.2 Å². The predicted octanol–water partition coefficient (Wildman–Crippen LogP) is 2.63. The third-order valence-electron chi connectivity index (χ3n) is 5.12. The molecule has 3 rings (SSSR count). The number of halogens is 1. The van der Waals surface area contributed by atoms with Crippen LogP contribution < -0.4 is 19.5 Å². The fraction of sp³-hybridized carbons (Fsp3) is 0.500. The minimum atomic E-state index is 0. The Morgan fingerprint density at radius 1 is 1.17 bits per heavy atom. The van der Waals surface area contributed by atoms with Crippen molar-refractivity contribution in [2.75, 3.05) is 41.5 Å². The summed E-state index contributed by atoms with van der Waals surface area (Å²) >= 11 is 0. The van der Waals surface area contributed by atoms with Crippen LogP contribution in [-0.4, -0.2) is 62.1 Å². The molecule has 160 valence electrons. The largest absolute Gasteiger partial charge is 0.496 e. The molecule has 0 spiro atoms. The minimum Gasteiger partial charge on any atom is -0.496 e. The first kappa shape index (κ1) is 23.1. The van der Waals surface area contributed by atoms with E-state index in [0.29, 0.717) is 24.0 Å². The van der Waals surface area contributed by atoms with Gasteiger partial charge in [-0.2, -0.15) is 5.10 Å². The molecule has 8 nitrogen and oxygen atoms in total. The molecule has 2 heterocycles. The summed E-state index contributed by atoms with van der Waals surface area (Å²) in [5.74, 6) is 3.42. The molecule has 1 aromatic heterocycles. The van der Waals surface area contributed by atoms with Gasteiger partial charge in [0.1, 0.15) is 5.75 Å². The fourth-order valence-electron chi connectivity index (χ4n) is 3.61. The van der Waals surface area contributed by atoms with Gasteiger partial charge >= 0.3 is 0 Å². The fourth-order valence-corrected chi connectivity index (χ4v) is 3.61. The molecule has 2 aromatic rings. The van der Waals surface area contributed by atoms with Gasteiger partial charge in [0.15, 0.2) is 17.5 Å². The number of likely N-dealkylation sites (tertiary alicyclic amines) is 1. The molecule has 0 saturated carbocycles. The molecular weight excluding hydrogens is 485 g/mol. The van der Waals surface area contributed by atoms with Gasteiger partial charge in [0, 0.05) is 57.5 Å². The van der Waals surface area contributed by atoms with E-state index in [1.54, 1.807) is 21.3 Å².